The number of likely N-dealkylation sites (N-methyl/N-ethyl adjacent to an activating group) is 1. The number of carbonyl (C=O) groups is 1. The summed E-state index contributed by atoms with van der Waals surface area (Å²) in [5, 5.41) is 2.92. The molecular weight excluding hydrogens is 361 g/mol. The van der Waals surface area contributed by atoms with Gasteiger partial charge >= 0.3 is 0 Å². The van der Waals surface area contributed by atoms with Gasteiger partial charge in [0.1, 0.15) is 0 Å². The summed E-state index contributed by atoms with van der Waals surface area (Å²) in [7, 11) is 5.02. The summed E-state index contributed by atoms with van der Waals surface area (Å²) in [5.74, 6) is 2.58. The van der Waals surface area contributed by atoms with E-state index in [2.05, 4.69) is 35.4 Å². The van der Waals surface area contributed by atoms with E-state index in [-0.39, 0.29) is 5.91 Å². The van der Waals surface area contributed by atoms with Crippen LogP contribution < -0.4 is 5.32 Å². The fourth-order valence-corrected chi connectivity index (χ4v) is 6.76. The molecule has 27 heavy (non-hydrogen) atoms. The molecule has 1 N–H and O–H groups in total. The van der Waals surface area contributed by atoms with E-state index in [0.29, 0.717) is 30.2 Å². The van der Waals surface area contributed by atoms with Crippen LogP contribution in [0.15, 0.2) is 0 Å². The van der Waals surface area contributed by atoms with Crippen LogP contribution in [0.5, 0.6) is 0 Å². The Kier molecular flexibility index (Phi) is 7.91. The number of hydrogen-bond acceptors (Lipinski definition) is 3. The maximum Gasteiger partial charge on any atom is 0.286 e. The zero-order chi connectivity index (χ0) is 20.4. The topological polar surface area (TPSA) is 59.1 Å². The Labute approximate surface area is 166 Å². The zero-order valence-electron chi connectivity index (χ0n) is 18.3. The van der Waals surface area contributed by atoms with E-state index in [1.807, 2.05) is 30.7 Å². The van der Waals surface area contributed by atoms with Crippen molar-refractivity contribution < 1.29 is 9.36 Å². The van der Waals surface area contributed by atoms with Crippen molar-refractivity contribution in [3.63, 3.8) is 0 Å². The minimum atomic E-state index is -2.65. The lowest BCUT2D eigenvalue weighted by Gasteiger charge is -2.50. The predicted octanol–water partition coefficient (Wildman–Crippen LogP) is 1.88. The lowest BCUT2D eigenvalue weighted by molar-refractivity contribution is -0.137. The number of amides is 1. The van der Waals surface area contributed by atoms with Crippen LogP contribution in [0.4, 0.5) is 0 Å². The van der Waals surface area contributed by atoms with Crippen LogP contribution in [0.2, 0.25) is 0 Å². The molecule has 0 aromatic rings. The lowest BCUT2D eigenvalue weighted by atomic mass is 9.85. The van der Waals surface area contributed by atoms with E-state index in [0.717, 1.165) is 39.1 Å². The van der Waals surface area contributed by atoms with Gasteiger partial charge in [0.05, 0.1) is 6.54 Å². The summed E-state index contributed by atoms with van der Waals surface area (Å²) in [4.78, 5) is 13.8. The van der Waals surface area contributed by atoms with Crippen LogP contribution in [0.1, 0.15) is 27.2 Å². The molecule has 0 aliphatic carbocycles. The SMILES string of the molecule is CNCC(=O)N1CC(C(C)CCN(C)P(=O)(N(C)C)N2CC(C(C)C)C2)C1. The van der Waals surface area contributed by atoms with Gasteiger partial charge in [-0.15, -0.1) is 0 Å². The van der Waals surface area contributed by atoms with E-state index in [1.54, 1.807) is 7.05 Å². The Morgan fingerprint density at radius 2 is 1.70 bits per heavy atom. The van der Waals surface area contributed by atoms with Gasteiger partial charge in [-0.25, -0.2) is 14.0 Å². The van der Waals surface area contributed by atoms with E-state index in [4.69, 9.17) is 0 Å². The molecule has 0 spiro atoms. The minimum Gasteiger partial charge on any atom is -0.341 e. The van der Waals surface area contributed by atoms with Crippen LogP contribution in [-0.4, -0.2) is 92.3 Å². The van der Waals surface area contributed by atoms with Gasteiger partial charge in [-0.1, -0.05) is 20.8 Å². The minimum absolute atomic E-state index is 0.188. The van der Waals surface area contributed by atoms with Crippen molar-refractivity contribution in [1.29, 1.82) is 0 Å². The molecule has 2 heterocycles. The highest BCUT2D eigenvalue weighted by Gasteiger charge is 2.45. The van der Waals surface area contributed by atoms with Crippen molar-refractivity contribution in [3.05, 3.63) is 0 Å². The third kappa shape index (κ3) is 4.94. The smallest absolute Gasteiger partial charge is 0.286 e. The standard InChI is InChI=1S/C19H40N5O2P/c1-15(2)17-13-24(14-17)27(26,21(5)6)22(7)9-8-16(3)18-11-23(12-18)19(25)10-20-4/h15-18,20H,8-14H2,1-7H3. The molecule has 0 bridgehead atoms. The maximum atomic E-state index is 13.8. The fourth-order valence-electron chi connectivity index (χ4n) is 3.99. The molecule has 0 aromatic carbocycles. The van der Waals surface area contributed by atoms with Crippen molar-refractivity contribution in [2.24, 2.45) is 23.7 Å². The molecule has 2 atom stereocenters. The van der Waals surface area contributed by atoms with Crippen molar-refractivity contribution in [1.82, 2.24) is 24.2 Å². The van der Waals surface area contributed by atoms with Crippen LogP contribution in [-0.2, 0) is 9.36 Å². The van der Waals surface area contributed by atoms with E-state index >= 15 is 0 Å². The van der Waals surface area contributed by atoms with E-state index < -0.39 is 7.59 Å². The summed E-state index contributed by atoms with van der Waals surface area (Å²) < 4.78 is 19.9. The van der Waals surface area contributed by atoms with Gasteiger partial charge in [0, 0.05) is 32.7 Å². The largest absolute Gasteiger partial charge is 0.341 e. The Hall–Kier alpha value is -0.460. The van der Waals surface area contributed by atoms with Crippen LogP contribution in [0.3, 0.4) is 0 Å². The molecule has 2 rings (SSSR count). The highest BCUT2D eigenvalue weighted by molar-refractivity contribution is 7.56. The van der Waals surface area contributed by atoms with E-state index in [1.165, 1.54) is 0 Å². The summed E-state index contributed by atoms with van der Waals surface area (Å²) in [6, 6.07) is 0. The molecule has 0 saturated carbocycles. The number of likely N-dealkylation sites (tertiary alicyclic amines) is 1. The third-order valence-corrected chi connectivity index (χ3v) is 9.67. The summed E-state index contributed by atoms with van der Waals surface area (Å²) >= 11 is 0. The molecule has 2 unspecified atom stereocenters. The van der Waals surface area contributed by atoms with Gasteiger partial charge in [0.2, 0.25) is 5.91 Å². The molecule has 1 amide bonds. The van der Waals surface area contributed by atoms with Gasteiger partial charge in [0.25, 0.3) is 7.59 Å². The third-order valence-electron chi connectivity index (χ3n) is 6.47. The van der Waals surface area contributed by atoms with Crippen molar-refractivity contribution >= 4 is 13.5 Å². The number of carbonyl (C=O) groups excluding carboxylic acids is 1. The van der Waals surface area contributed by atoms with Crippen molar-refractivity contribution in [3.8, 4) is 0 Å². The Morgan fingerprint density at radius 1 is 1.11 bits per heavy atom. The van der Waals surface area contributed by atoms with Crippen molar-refractivity contribution in [2.45, 2.75) is 27.2 Å². The molecular formula is C19H40N5O2P. The first-order valence-electron chi connectivity index (χ1n) is 10.3. The first-order valence-corrected chi connectivity index (χ1v) is 11.8. The average molecular weight is 402 g/mol. The number of nitrogens with zero attached hydrogens (tertiary/aromatic N) is 4. The highest BCUT2D eigenvalue weighted by atomic mass is 31.2. The van der Waals surface area contributed by atoms with Gasteiger partial charge < -0.3 is 10.2 Å². The van der Waals surface area contributed by atoms with Gasteiger partial charge in [0.15, 0.2) is 0 Å². The Balaban J connectivity index is 1.82. The van der Waals surface area contributed by atoms with Gasteiger partial charge in [-0.05, 0) is 58.3 Å². The Morgan fingerprint density at radius 3 is 2.19 bits per heavy atom. The Bertz CT molecular complexity index is 544. The van der Waals surface area contributed by atoms with Gasteiger partial charge in [-0.2, -0.15) is 0 Å². The second kappa shape index (κ2) is 9.36. The molecule has 2 fully saturated rings. The highest BCUT2D eigenvalue weighted by Crippen LogP contribution is 2.57. The number of nitrogens with one attached hydrogen (secondary N) is 1. The lowest BCUT2D eigenvalue weighted by Crippen LogP contribution is -2.54. The summed E-state index contributed by atoms with van der Waals surface area (Å²) in [5.41, 5.74) is 0. The number of rotatable bonds is 10. The quantitative estimate of drug-likeness (QED) is 0.564. The summed E-state index contributed by atoms with van der Waals surface area (Å²) in [6.45, 7) is 11.6. The van der Waals surface area contributed by atoms with Crippen LogP contribution >= 0.6 is 7.59 Å². The monoisotopic (exact) mass is 401 g/mol. The normalized spacial score (nSPS) is 22.8. The second-order valence-electron chi connectivity index (χ2n) is 8.97. The van der Waals surface area contributed by atoms with E-state index in [9.17, 15) is 9.36 Å². The number of hydrogen-bond donors (Lipinski definition) is 1. The fraction of sp³-hybridized carbons (Fsp3) is 0.947. The van der Waals surface area contributed by atoms with Crippen LogP contribution in [0.25, 0.3) is 0 Å². The first-order chi connectivity index (χ1) is 12.6. The molecule has 2 saturated heterocycles. The second-order valence-corrected chi connectivity index (χ2v) is 12.0. The first kappa shape index (κ1) is 22.8. The molecule has 7 nitrogen and oxygen atoms in total. The van der Waals surface area contributed by atoms with Crippen LogP contribution in [0, 0.1) is 23.7 Å². The summed E-state index contributed by atoms with van der Waals surface area (Å²) in [6.07, 6.45) is 1.01. The molecule has 2 aliphatic heterocycles. The predicted molar refractivity (Wildman–Crippen MR) is 112 cm³/mol. The molecule has 8 heteroatoms. The zero-order valence-corrected chi connectivity index (χ0v) is 19.2. The molecule has 0 aromatic heterocycles. The molecule has 158 valence electrons. The molecule has 2 aliphatic rings. The van der Waals surface area contributed by atoms with Gasteiger partial charge in [-0.3, -0.25) is 9.36 Å². The average Bonchev–Trinajstić information content (AvgIpc) is 2.48. The van der Waals surface area contributed by atoms with Crippen molar-refractivity contribution in [2.75, 3.05) is 67.5 Å². The maximum absolute atomic E-state index is 13.8. The molecule has 0 radical (unpaired) electrons.